The average molecular weight is 293 g/mol. The van der Waals surface area contributed by atoms with E-state index in [0.29, 0.717) is 5.92 Å². The summed E-state index contributed by atoms with van der Waals surface area (Å²) in [6, 6.07) is 3.57. The van der Waals surface area contributed by atoms with Crippen molar-refractivity contribution in [3.63, 3.8) is 0 Å². The van der Waals surface area contributed by atoms with Crippen LogP contribution in [0.2, 0.25) is 0 Å². The van der Waals surface area contributed by atoms with Crippen molar-refractivity contribution in [1.29, 1.82) is 0 Å². The predicted octanol–water partition coefficient (Wildman–Crippen LogP) is 3.32. The van der Waals surface area contributed by atoms with Gasteiger partial charge in [0.15, 0.2) is 11.6 Å². The van der Waals surface area contributed by atoms with Crippen LogP contribution in [0.25, 0.3) is 0 Å². The summed E-state index contributed by atoms with van der Waals surface area (Å²) >= 11 is 0. The topological polar surface area (TPSA) is 49.4 Å². The van der Waals surface area contributed by atoms with Gasteiger partial charge in [0.1, 0.15) is 5.60 Å². The lowest BCUT2D eigenvalue weighted by Gasteiger charge is -2.42. The van der Waals surface area contributed by atoms with E-state index in [0.717, 1.165) is 38.2 Å². The number of hydrogen-bond acceptors (Lipinski definition) is 3. The highest BCUT2D eigenvalue weighted by molar-refractivity contribution is 5.86. The van der Waals surface area contributed by atoms with E-state index in [1.807, 2.05) is 0 Å². The zero-order chi connectivity index (χ0) is 15.5. The molecule has 21 heavy (non-hydrogen) atoms. The molecule has 1 aliphatic carbocycles. The van der Waals surface area contributed by atoms with Crippen LogP contribution in [0.3, 0.4) is 0 Å². The molecule has 116 valence electrons. The number of carboxylic acids is 1. The Balaban J connectivity index is 2.32. The van der Waals surface area contributed by atoms with Crippen molar-refractivity contribution in [3.05, 3.63) is 29.6 Å². The van der Waals surface area contributed by atoms with Crippen LogP contribution in [0.4, 0.5) is 4.39 Å². The third-order valence-corrected chi connectivity index (χ3v) is 4.69. The van der Waals surface area contributed by atoms with E-state index < -0.39 is 17.4 Å². The molecule has 2 rings (SSSR count). The summed E-state index contributed by atoms with van der Waals surface area (Å²) in [7, 11) is 0. The Hall–Kier alpha value is -1.58. The maximum absolute atomic E-state index is 14.0. The van der Waals surface area contributed by atoms with Gasteiger partial charge in [-0.2, -0.15) is 0 Å². The van der Waals surface area contributed by atoms with Crippen LogP contribution in [-0.4, -0.2) is 11.6 Å². The van der Waals surface area contributed by atoms with Gasteiger partial charge >= 0.3 is 0 Å². The largest absolute Gasteiger partial charge is 0.545 e. The van der Waals surface area contributed by atoms with E-state index in [1.54, 1.807) is 0 Å². The van der Waals surface area contributed by atoms with Crippen molar-refractivity contribution in [3.8, 4) is 5.75 Å². The van der Waals surface area contributed by atoms with Gasteiger partial charge in [-0.05, 0) is 56.2 Å². The Morgan fingerprint density at radius 2 is 2.05 bits per heavy atom. The standard InChI is InChI=1S/C17H23FO3/c1-3-12(2)17(9-5-4-6-10-17)21-15-11-13(16(19)20)7-8-14(15)18/h7-8,11-12H,3-6,9-10H2,1-2H3,(H,19,20)/p-1. The molecule has 4 heteroatoms. The van der Waals surface area contributed by atoms with Crippen molar-refractivity contribution >= 4 is 5.97 Å². The molecule has 0 heterocycles. The lowest BCUT2D eigenvalue weighted by Crippen LogP contribution is -2.44. The third-order valence-electron chi connectivity index (χ3n) is 4.69. The lowest BCUT2D eigenvalue weighted by atomic mass is 9.75. The summed E-state index contributed by atoms with van der Waals surface area (Å²) in [5, 5.41) is 10.9. The third kappa shape index (κ3) is 3.36. The lowest BCUT2D eigenvalue weighted by molar-refractivity contribution is -0.255. The van der Waals surface area contributed by atoms with Gasteiger partial charge in [-0.3, -0.25) is 0 Å². The van der Waals surface area contributed by atoms with Crippen LogP contribution in [0, 0.1) is 11.7 Å². The van der Waals surface area contributed by atoms with Gasteiger partial charge in [0.25, 0.3) is 0 Å². The van der Waals surface area contributed by atoms with Gasteiger partial charge in [-0.1, -0.05) is 20.3 Å². The molecule has 1 unspecified atom stereocenters. The molecule has 0 aromatic heterocycles. The molecule has 1 atom stereocenters. The monoisotopic (exact) mass is 293 g/mol. The Morgan fingerprint density at radius 1 is 1.38 bits per heavy atom. The minimum atomic E-state index is -1.32. The predicted molar refractivity (Wildman–Crippen MR) is 76.6 cm³/mol. The van der Waals surface area contributed by atoms with Gasteiger partial charge in [-0.15, -0.1) is 0 Å². The normalized spacial score (nSPS) is 19.0. The number of rotatable bonds is 5. The van der Waals surface area contributed by atoms with Crippen LogP contribution < -0.4 is 9.84 Å². The molecular weight excluding hydrogens is 271 g/mol. The van der Waals surface area contributed by atoms with E-state index in [9.17, 15) is 14.3 Å². The molecule has 1 fully saturated rings. The van der Waals surface area contributed by atoms with E-state index >= 15 is 0 Å². The second-order valence-electron chi connectivity index (χ2n) is 5.97. The molecule has 0 aliphatic heterocycles. The Labute approximate surface area is 125 Å². The van der Waals surface area contributed by atoms with E-state index in [1.165, 1.54) is 18.6 Å². The average Bonchev–Trinajstić information content (AvgIpc) is 2.49. The fraction of sp³-hybridized carbons (Fsp3) is 0.588. The fourth-order valence-electron chi connectivity index (χ4n) is 3.15. The van der Waals surface area contributed by atoms with Gasteiger partial charge in [0.2, 0.25) is 0 Å². The van der Waals surface area contributed by atoms with Crippen molar-refractivity contribution < 1.29 is 19.0 Å². The minimum absolute atomic E-state index is 0.0268. The number of carbonyl (C=O) groups is 1. The first-order chi connectivity index (χ1) is 9.98. The maximum atomic E-state index is 14.0. The smallest absolute Gasteiger partial charge is 0.165 e. The molecule has 1 saturated carbocycles. The number of aromatic carboxylic acids is 1. The Morgan fingerprint density at radius 3 is 2.62 bits per heavy atom. The summed E-state index contributed by atoms with van der Waals surface area (Å²) in [5.41, 5.74) is -0.445. The van der Waals surface area contributed by atoms with Gasteiger partial charge in [0, 0.05) is 5.56 Å². The van der Waals surface area contributed by atoms with E-state index in [-0.39, 0.29) is 11.3 Å². The van der Waals surface area contributed by atoms with Crippen molar-refractivity contribution in [2.24, 2.45) is 5.92 Å². The number of halogens is 1. The number of carbonyl (C=O) groups excluding carboxylic acids is 1. The Kier molecular flexibility index (Phi) is 4.86. The number of carboxylic acid groups (broad SMARTS) is 1. The van der Waals surface area contributed by atoms with E-state index in [2.05, 4.69) is 13.8 Å². The molecule has 0 saturated heterocycles. The van der Waals surface area contributed by atoms with Crippen molar-refractivity contribution in [1.82, 2.24) is 0 Å². The molecule has 0 bridgehead atoms. The van der Waals surface area contributed by atoms with Crippen molar-refractivity contribution in [2.75, 3.05) is 0 Å². The quantitative estimate of drug-likeness (QED) is 0.836. The zero-order valence-electron chi connectivity index (χ0n) is 12.7. The van der Waals surface area contributed by atoms with Crippen LogP contribution in [-0.2, 0) is 0 Å². The first-order valence-electron chi connectivity index (χ1n) is 7.68. The molecule has 3 nitrogen and oxygen atoms in total. The summed E-state index contributed by atoms with van der Waals surface area (Å²) in [6.07, 6.45) is 6.01. The highest BCUT2D eigenvalue weighted by atomic mass is 19.1. The van der Waals surface area contributed by atoms with Crippen LogP contribution in [0.15, 0.2) is 18.2 Å². The first kappa shape index (κ1) is 15.8. The molecule has 0 amide bonds. The first-order valence-corrected chi connectivity index (χ1v) is 7.68. The highest BCUT2D eigenvalue weighted by Crippen LogP contribution is 2.40. The van der Waals surface area contributed by atoms with Crippen LogP contribution >= 0.6 is 0 Å². The minimum Gasteiger partial charge on any atom is -0.545 e. The summed E-state index contributed by atoms with van der Waals surface area (Å²) in [4.78, 5) is 10.9. The van der Waals surface area contributed by atoms with Gasteiger partial charge in [-0.25, -0.2) is 4.39 Å². The molecule has 1 aliphatic rings. The molecular formula is C17H22FO3-. The second-order valence-corrected chi connectivity index (χ2v) is 5.97. The van der Waals surface area contributed by atoms with Crippen LogP contribution in [0.5, 0.6) is 5.75 Å². The molecule has 0 N–H and O–H groups in total. The van der Waals surface area contributed by atoms with Crippen LogP contribution in [0.1, 0.15) is 62.7 Å². The van der Waals surface area contributed by atoms with Crippen molar-refractivity contribution in [2.45, 2.75) is 58.0 Å². The summed E-state index contributed by atoms with van der Waals surface area (Å²) in [5.74, 6) is -1.52. The fourth-order valence-corrected chi connectivity index (χ4v) is 3.15. The van der Waals surface area contributed by atoms with Gasteiger partial charge < -0.3 is 14.6 Å². The number of ether oxygens (including phenoxy) is 1. The molecule has 1 aromatic rings. The molecule has 0 spiro atoms. The molecule has 1 aromatic carbocycles. The zero-order valence-corrected chi connectivity index (χ0v) is 12.7. The summed E-state index contributed by atoms with van der Waals surface area (Å²) < 4.78 is 20.0. The summed E-state index contributed by atoms with van der Waals surface area (Å²) in [6.45, 7) is 4.21. The van der Waals surface area contributed by atoms with Gasteiger partial charge in [0.05, 0.1) is 5.97 Å². The number of benzene rings is 1. The highest BCUT2D eigenvalue weighted by Gasteiger charge is 2.39. The SMILES string of the molecule is CCC(C)C1(Oc2cc(C(=O)[O-])ccc2F)CCCCC1. The Bertz CT molecular complexity index is 507. The second kappa shape index (κ2) is 6.46. The van der Waals surface area contributed by atoms with E-state index in [4.69, 9.17) is 4.74 Å². The number of hydrogen-bond donors (Lipinski definition) is 0. The maximum Gasteiger partial charge on any atom is 0.165 e. The molecule has 0 radical (unpaired) electrons.